The molecule has 2 aliphatic rings. The summed E-state index contributed by atoms with van der Waals surface area (Å²) in [5.41, 5.74) is 4.72. The molecule has 2 aromatic heterocycles. The van der Waals surface area contributed by atoms with Gasteiger partial charge in [0.25, 0.3) is 11.8 Å². The number of nitrogens with zero attached hydrogens (tertiary/aromatic N) is 6. The Labute approximate surface area is 413 Å². The predicted molar refractivity (Wildman–Crippen MR) is 264 cm³/mol. The molecule has 0 spiro atoms. The fourth-order valence-corrected chi connectivity index (χ4v) is 8.30. The van der Waals surface area contributed by atoms with Crippen LogP contribution in [0.15, 0.2) is 85.3 Å². The van der Waals surface area contributed by atoms with Crippen molar-refractivity contribution in [3.63, 3.8) is 0 Å². The first kappa shape index (κ1) is 51.8. The molecule has 2 atom stereocenters. The van der Waals surface area contributed by atoms with E-state index in [4.69, 9.17) is 18.9 Å². The van der Waals surface area contributed by atoms with Crippen LogP contribution in [0.3, 0.4) is 0 Å². The topological polar surface area (TPSA) is 230 Å². The fraction of sp³-hybridized carbons (Fsp3) is 0.442. The quantitative estimate of drug-likeness (QED) is 0.0304. The molecular weight excluding hydrogens is 909 g/mol. The van der Waals surface area contributed by atoms with Crippen LogP contribution in [0.4, 0.5) is 11.4 Å². The molecule has 19 nitrogen and oxygen atoms in total. The smallest absolute Gasteiger partial charge is 0.255 e. The third-order valence-electron chi connectivity index (χ3n) is 12.3. The molecule has 0 bridgehead atoms. The Morgan fingerprint density at radius 2 is 1.54 bits per heavy atom. The number of imide groups is 1. The number of nitrogens with one attached hydrogen (secondary N) is 4. The summed E-state index contributed by atoms with van der Waals surface area (Å²) in [6.45, 7) is 6.51. The molecule has 2 aliphatic heterocycles. The second kappa shape index (κ2) is 26.8. The highest BCUT2D eigenvalue weighted by molar-refractivity contribution is 6.06. The van der Waals surface area contributed by atoms with Crippen LogP contribution in [0.5, 0.6) is 5.75 Å². The molecule has 3 aromatic carbocycles. The minimum absolute atomic E-state index is 0.135. The van der Waals surface area contributed by atoms with E-state index < -0.39 is 11.9 Å². The first-order valence-corrected chi connectivity index (χ1v) is 24.5. The van der Waals surface area contributed by atoms with Crippen molar-refractivity contribution in [2.24, 2.45) is 7.05 Å². The summed E-state index contributed by atoms with van der Waals surface area (Å²) in [6.07, 6.45) is 10.3. The Balaban J connectivity index is 0.647. The maximum atomic E-state index is 13.2. The number of fused-ring (bicyclic) bond motifs is 1. The van der Waals surface area contributed by atoms with Gasteiger partial charge < -0.3 is 44.4 Å². The first-order chi connectivity index (χ1) is 34.6. The van der Waals surface area contributed by atoms with Gasteiger partial charge >= 0.3 is 0 Å². The van der Waals surface area contributed by atoms with E-state index in [1.165, 1.54) is 11.2 Å². The molecule has 0 saturated carbocycles. The number of benzene rings is 3. The Bertz CT molecular complexity index is 2560. The van der Waals surface area contributed by atoms with Gasteiger partial charge in [0, 0.05) is 73.9 Å². The maximum absolute atomic E-state index is 13.2. The number of carbonyl (C=O) groups excluding carboxylic acids is 5. The molecular formula is C52H64N10O9. The Hall–Kier alpha value is -7.09. The molecule has 1 unspecified atom stereocenters. The Kier molecular flexibility index (Phi) is 19.5. The van der Waals surface area contributed by atoms with Gasteiger partial charge in [-0.05, 0) is 99.5 Å². The van der Waals surface area contributed by atoms with E-state index in [-0.39, 0.29) is 49.1 Å². The molecule has 71 heavy (non-hydrogen) atoms. The number of rotatable bonds is 29. The third-order valence-corrected chi connectivity index (χ3v) is 12.3. The van der Waals surface area contributed by atoms with Gasteiger partial charge in [-0.25, -0.2) is 9.97 Å². The number of piperidine rings is 1. The number of aromatic nitrogens is 5. The van der Waals surface area contributed by atoms with Crippen molar-refractivity contribution >= 4 is 40.9 Å². The molecule has 0 radical (unpaired) electrons. The fourth-order valence-electron chi connectivity index (χ4n) is 8.30. The van der Waals surface area contributed by atoms with Crippen molar-refractivity contribution in [2.75, 3.05) is 56.9 Å². The van der Waals surface area contributed by atoms with Crippen LogP contribution < -0.4 is 26.0 Å². The van der Waals surface area contributed by atoms with Crippen molar-refractivity contribution in [1.29, 1.82) is 0 Å². The summed E-state index contributed by atoms with van der Waals surface area (Å²) in [5.74, 6) is 0.786. The van der Waals surface area contributed by atoms with E-state index in [0.29, 0.717) is 99.5 Å². The highest BCUT2D eigenvalue weighted by Gasteiger charge is 2.40. The summed E-state index contributed by atoms with van der Waals surface area (Å²) in [6, 6.07) is 21.2. The standard InChI is InChI=1S/C52H64N10O9/c1-36(56-50(65)38-12-10-13-39(32-38)54-33-46-59-60-49(61(46)2)44-23-24-53-35-55-44)37-17-19-40(20-18-37)71-27-9-4-3-7-25-68-28-30-70-31-29-69-26-8-5-6-16-47(63)57-43-15-11-14-41-42(43)34-62(52(41)67)45-21-22-48(64)58-51(45)66/h10-15,17-20,23-24,32,35-36,45,54H,3-9,16,21-22,25-31,33-34H2,1-2H3,(H,56,65)(H,57,63)(H,58,64,66)/t36-,45?/m0/s1. The van der Waals surface area contributed by atoms with Crippen LogP contribution in [0, 0.1) is 0 Å². The van der Waals surface area contributed by atoms with Crippen LogP contribution >= 0.6 is 0 Å². The zero-order chi connectivity index (χ0) is 49.8. The monoisotopic (exact) mass is 972 g/mol. The van der Waals surface area contributed by atoms with E-state index in [1.807, 2.05) is 61.0 Å². The zero-order valence-corrected chi connectivity index (χ0v) is 40.5. The average molecular weight is 973 g/mol. The van der Waals surface area contributed by atoms with E-state index in [9.17, 15) is 24.0 Å². The van der Waals surface area contributed by atoms with Crippen LogP contribution in [-0.4, -0.2) is 111 Å². The molecule has 5 amide bonds. The normalized spacial score (nSPS) is 14.8. The molecule has 1 fully saturated rings. The van der Waals surface area contributed by atoms with Gasteiger partial charge in [-0.15, -0.1) is 10.2 Å². The van der Waals surface area contributed by atoms with Crippen LogP contribution in [0.1, 0.15) is 115 Å². The molecule has 4 N–H and O–H groups in total. The number of ether oxygens (including phenoxy) is 4. The lowest BCUT2D eigenvalue weighted by Gasteiger charge is -2.29. The Morgan fingerprint density at radius 1 is 0.817 bits per heavy atom. The minimum Gasteiger partial charge on any atom is -0.494 e. The predicted octanol–water partition coefficient (Wildman–Crippen LogP) is 6.32. The SMILES string of the molecule is C[C@H](NC(=O)c1cccc(NCc2nnc(-c3ccncn3)n2C)c1)c1ccc(OCCCCCCOCCOCCOCCCCCC(=O)Nc2cccc3c2CN(C2CCC(=O)NC2=O)C3=O)cc1. The second-order valence-corrected chi connectivity index (χ2v) is 17.5. The molecule has 0 aliphatic carbocycles. The molecule has 4 heterocycles. The number of amides is 5. The number of anilines is 2. The van der Waals surface area contributed by atoms with Gasteiger partial charge in [-0.1, -0.05) is 37.1 Å². The van der Waals surface area contributed by atoms with E-state index in [0.717, 1.165) is 61.3 Å². The van der Waals surface area contributed by atoms with Crippen molar-refractivity contribution in [3.05, 3.63) is 113 Å². The first-order valence-electron chi connectivity index (χ1n) is 24.5. The minimum atomic E-state index is -0.705. The van der Waals surface area contributed by atoms with Gasteiger partial charge in [0.1, 0.15) is 23.8 Å². The third kappa shape index (κ3) is 15.2. The number of unbranched alkanes of at least 4 members (excludes halogenated alkanes) is 5. The molecule has 376 valence electrons. The van der Waals surface area contributed by atoms with Crippen LogP contribution in [0.25, 0.3) is 11.5 Å². The molecule has 7 rings (SSSR count). The van der Waals surface area contributed by atoms with Gasteiger partial charge in [0.15, 0.2) is 11.6 Å². The summed E-state index contributed by atoms with van der Waals surface area (Å²) < 4.78 is 24.9. The number of carbonyl (C=O) groups is 5. The molecule has 19 heteroatoms. The van der Waals surface area contributed by atoms with Gasteiger partial charge in [0.2, 0.25) is 17.7 Å². The second-order valence-electron chi connectivity index (χ2n) is 17.5. The van der Waals surface area contributed by atoms with Crippen molar-refractivity contribution < 1.29 is 42.9 Å². The summed E-state index contributed by atoms with van der Waals surface area (Å²) in [5, 5.41) is 20.2. The number of hydrogen-bond acceptors (Lipinski definition) is 14. The number of hydrogen-bond donors (Lipinski definition) is 4. The van der Waals surface area contributed by atoms with E-state index >= 15 is 0 Å². The van der Waals surface area contributed by atoms with Gasteiger partial charge in [-0.3, -0.25) is 29.3 Å². The van der Waals surface area contributed by atoms with Gasteiger partial charge in [-0.2, -0.15) is 0 Å². The average Bonchev–Trinajstić information content (AvgIpc) is 3.92. The lowest BCUT2D eigenvalue weighted by atomic mass is 10.0. The zero-order valence-electron chi connectivity index (χ0n) is 40.5. The molecule has 1 saturated heterocycles. The van der Waals surface area contributed by atoms with Crippen LogP contribution in [-0.2, 0) is 48.7 Å². The summed E-state index contributed by atoms with van der Waals surface area (Å²) in [4.78, 5) is 72.6. The van der Waals surface area contributed by atoms with Crippen molar-refractivity contribution in [1.82, 2.24) is 40.3 Å². The van der Waals surface area contributed by atoms with Crippen molar-refractivity contribution in [3.8, 4) is 17.3 Å². The highest BCUT2D eigenvalue weighted by Crippen LogP contribution is 2.32. The van der Waals surface area contributed by atoms with Gasteiger partial charge in [0.05, 0.1) is 45.6 Å². The molecule has 5 aromatic rings. The summed E-state index contributed by atoms with van der Waals surface area (Å²) >= 11 is 0. The van der Waals surface area contributed by atoms with E-state index in [1.54, 1.807) is 36.5 Å². The van der Waals surface area contributed by atoms with E-state index in [2.05, 4.69) is 41.4 Å². The largest absolute Gasteiger partial charge is 0.494 e. The summed E-state index contributed by atoms with van der Waals surface area (Å²) in [7, 11) is 1.88. The maximum Gasteiger partial charge on any atom is 0.255 e. The lowest BCUT2D eigenvalue weighted by Crippen LogP contribution is -2.52. The lowest BCUT2D eigenvalue weighted by molar-refractivity contribution is -0.137. The Morgan fingerprint density at radius 3 is 2.27 bits per heavy atom. The van der Waals surface area contributed by atoms with Crippen molar-refractivity contribution in [2.45, 2.75) is 96.3 Å². The highest BCUT2D eigenvalue weighted by atomic mass is 16.5. The van der Waals surface area contributed by atoms with Crippen LogP contribution in [0.2, 0.25) is 0 Å².